The number of hydrogen-bond acceptors (Lipinski definition) is 3. The van der Waals surface area contributed by atoms with E-state index >= 15 is 0 Å². The van der Waals surface area contributed by atoms with E-state index in [2.05, 4.69) is 5.32 Å². The lowest BCUT2D eigenvalue weighted by atomic mass is 10.2. The zero-order chi connectivity index (χ0) is 15.1. The van der Waals surface area contributed by atoms with Gasteiger partial charge in [-0.25, -0.2) is 0 Å². The Kier molecular flexibility index (Phi) is 5.60. The van der Waals surface area contributed by atoms with Crippen LogP contribution in [0, 0.1) is 0 Å². The second-order valence-corrected chi connectivity index (χ2v) is 5.07. The van der Waals surface area contributed by atoms with Crippen LogP contribution in [0.25, 0.3) is 0 Å². The number of nitrogens with one attached hydrogen (secondary N) is 1. The van der Waals surface area contributed by atoms with Crippen molar-refractivity contribution >= 4 is 17.5 Å². The molecule has 1 amide bonds. The summed E-state index contributed by atoms with van der Waals surface area (Å²) in [6, 6.07) is 15.3. The summed E-state index contributed by atoms with van der Waals surface area (Å²) in [5, 5.41) is 4.09. The lowest BCUT2D eigenvalue weighted by Crippen LogP contribution is -2.20. The molecule has 0 saturated heterocycles. The van der Waals surface area contributed by atoms with Crippen molar-refractivity contribution in [3.05, 3.63) is 64.7 Å². The lowest BCUT2D eigenvalue weighted by molar-refractivity contribution is -0.119. The number of benzene rings is 2. The Bertz CT molecular complexity index is 582. The third kappa shape index (κ3) is 5.45. The van der Waals surface area contributed by atoms with Crippen LogP contribution in [0.3, 0.4) is 0 Å². The standard InChI is InChI=1S/C16H17ClN2O2/c17-14-5-1-12(2-6-14)9-19-10-13-3-7-15(8-4-13)21-11-16(18)20/h1-8,19H,9-11H2,(H2,18,20). The van der Waals surface area contributed by atoms with E-state index in [-0.39, 0.29) is 6.61 Å². The molecule has 21 heavy (non-hydrogen) atoms. The van der Waals surface area contributed by atoms with Crippen LogP contribution in [0.15, 0.2) is 48.5 Å². The van der Waals surface area contributed by atoms with E-state index in [0.29, 0.717) is 5.75 Å². The van der Waals surface area contributed by atoms with Crippen LogP contribution in [0.5, 0.6) is 5.75 Å². The van der Waals surface area contributed by atoms with Gasteiger partial charge in [0, 0.05) is 18.1 Å². The van der Waals surface area contributed by atoms with Gasteiger partial charge in [0.25, 0.3) is 5.91 Å². The van der Waals surface area contributed by atoms with E-state index in [4.69, 9.17) is 22.1 Å². The Balaban J connectivity index is 1.78. The largest absolute Gasteiger partial charge is 0.484 e. The second-order valence-electron chi connectivity index (χ2n) is 4.63. The van der Waals surface area contributed by atoms with Crippen molar-refractivity contribution in [1.29, 1.82) is 0 Å². The van der Waals surface area contributed by atoms with Gasteiger partial charge in [-0.3, -0.25) is 4.79 Å². The van der Waals surface area contributed by atoms with Crippen molar-refractivity contribution in [3.8, 4) is 5.75 Å². The molecule has 0 spiro atoms. The van der Waals surface area contributed by atoms with Gasteiger partial charge in [0.15, 0.2) is 6.61 Å². The smallest absolute Gasteiger partial charge is 0.255 e. The number of carbonyl (C=O) groups is 1. The molecule has 0 aliphatic rings. The number of carbonyl (C=O) groups excluding carboxylic acids is 1. The van der Waals surface area contributed by atoms with Crippen molar-refractivity contribution < 1.29 is 9.53 Å². The SMILES string of the molecule is NC(=O)COc1ccc(CNCc2ccc(Cl)cc2)cc1. The average molecular weight is 305 g/mol. The van der Waals surface area contributed by atoms with Crippen LogP contribution in [-0.4, -0.2) is 12.5 Å². The van der Waals surface area contributed by atoms with Crippen LogP contribution in [0.4, 0.5) is 0 Å². The number of hydrogen-bond donors (Lipinski definition) is 2. The quantitative estimate of drug-likeness (QED) is 0.826. The first-order valence-corrected chi connectivity index (χ1v) is 6.96. The monoisotopic (exact) mass is 304 g/mol. The van der Waals surface area contributed by atoms with Crippen LogP contribution in [0.1, 0.15) is 11.1 Å². The molecule has 0 heterocycles. The highest BCUT2D eigenvalue weighted by Gasteiger charge is 1.99. The van der Waals surface area contributed by atoms with E-state index in [0.717, 1.165) is 23.7 Å². The first-order chi connectivity index (χ1) is 10.1. The van der Waals surface area contributed by atoms with Crippen molar-refractivity contribution in [2.24, 2.45) is 5.73 Å². The van der Waals surface area contributed by atoms with E-state index in [9.17, 15) is 4.79 Å². The van der Waals surface area contributed by atoms with Gasteiger partial charge >= 0.3 is 0 Å². The lowest BCUT2D eigenvalue weighted by Gasteiger charge is -2.07. The minimum atomic E-state index is -0.483. The van der Waals surface area contributed by atoms with Crippen LogP contribution in [-0.2, 0) is 17.9 Å². The highest BCUT2D eigenvalue weighted by Crippen LogP contribution is 2.12. The highest BCUT2D eigenvalue weighted by atomic mass is 35.5. The summed E-state index contributed by atoms with van der Waals surface area (Å²) in [7, 11) is 0. The Morgan fingerprint density at radius 2 is 1.52 bits per heavy atom. The fourth-order valence-electron chi connectivity index (χ4n) is 1.81. The molecule has 0 aliphatic heterocycles. The predicted octanol–water partition coefficient (Wildman–Crippen LogP) is 2.49. The summed E-state index contributed by atoms with van der Waals surface area (Å²) in [5.74, 6) is 0.152. The summed E-state index contributed by atoms with van der Waals surface area (Å²) >= 11 is 5.84. The molecule has 110 valence electrons. The molecule has 3 N–H and O–H groups in total. The van der Waals surface area contributed by atoms with Crippen molar-refractivity contribution in [3.63, 3.8) is 0 Å². The molecule has 2 aromatic rings. The number of rotatable bonds is 7. The molecular weight excluding hydrogens is 288 g/mol. The fraction of sp³-hybridized carbons (Fsp3) is 0.188. The Morgan fingerprint density at radius 1 is 1.00 bits per heavy atom. The Morgan fingerprint density at radius 3 is 2.05 bits per heavy atom. The van der Waals surface area contributed by atoms with Crippen LogP contribution < -0.4 is 15.8 Å². The van der Waals surface area contributed by atoms with Crippen LogP contribution >= 0.6 is 11.6 Å². The summed E-state index contributed by atoms with van der Waals surface area (Å²) in [6.45, 7) is 1.42. The Labute approximate surface area is 128 Å². The molecule has 0 atom stereocenters. The molecule has 0 radical (unpaired) electrons. The van der Waals surface area contributed by atoms with E-state index < -0.39 is 5.91 Å². The molecule has 0 aliphatic carbocycles. The van der Waals surface area contributed by atoms with Crippen LogP contribution in [0.2, 0.25) is 5.02 Å². The molecule has 0 bridgehead atoms. The highest BCUT2D eigenvalue weighted by molar-refractivity contribution is 6.30. The van der Waals surface area contributed by atoms with Gasteiger partial charge in [-0.15, -0.1) is 0 Å². The van der Waals surface area contributed by atoms with E-state index in [1.165, 1.54) is 5.56 Å². The molecule has 4 nitrogen and oxygen atoms in total. The summed E-state index contributed by atoms with van der Waals surface area (Å²) < 4.78 is 5.20. The zero-order valence-electron chi connectivity index (χ0n) is 11.5. The van der Waals surface area contributed by atoms with Gasteiger partial charge in [0.1, 0.15) is 5.75 Å². The van der Waals surface area contributed by atoms with Gasteiger partial charge in [-0.1, -0.05) is 35.9 Å². The molecule has 5 heteroatoms. The normalized spacial score (nSPS) is 10.3. The summed E-state index contributed by atoms with van der Waals surface area (Å²) in [6.07, 6.45) is 0. The Hall–Kier alpha value is -2.04. The van der Waals surface area contributed by atoms with Gasteiger partial charge in [-0.05, 0) is 35.4 Å². The summed E-state index contributed by atoms with van der Waals surface area (Å²) in [5.41, 5.74) is 7.33. The molecule has 0 saturated carbocycles. The number of halogens is 1. The first-order valence-electron chi connectivity index (χ1n) is 6.59. The maximum atomic E-state index is 10.6. The van der Waals surface area contributed by atoms with Gasteiger partial charge < -0.3 is 15.8 Å². The third-order valence-electron chi connectivity index (χ3n) is 2.88. The van der Waals surface area contributed by atoms with Gasteiger partial charge in [0.2, 0.25) is 0 Å². The molecule has 0 aromatic heterocycles. The predicted molar refractivity (Wildman–Crippen MR) is 83.1 cm³/mol. The second kappa shape index (κ2) is 7.67. The topological polar surface area (TPSA) is 64.4 Å². The minimum absolute atomic E-state index is 0.103. The zero-order valence-corrected chi connectivity index (χ0v) is 12.3. The number of primary amides is 1. The molecule has 2 rings (SSSR count). The number of ether oxygens (including phenoxy) is 1. The van der Waals surface area contributed by atoms with Gasteiger partial charge in [-0.2, -0.15) is 0 Å². The number of amides is 1. The average Bonchev–Trinajstić information content (AvgIpc) is 2.48. The molecule has 0 fully saturated rings. The third-order valence-corrected chi connectivity index (χ3v) is 3.13. The van der Waals surface area contributed by atoms with E-state index in [1.54, 1.807) is 0 Å². The maximum absolute atomic E-state index is 10.6. The first kappa shape index (κ1) is 15.4. The van der Waals surface area contributed by atoms with Crippen molar-refractivity contribution in [2.45, 2.75) is 13.1 Å². The van der Waals surface area contributed by atoms with Crippen molar-refractivity contribution in [1.82, 2.24) is 5.32 Å². The minimum Gasteiger partial charge on any atom is -0.484 e. The van der Waals surface area contributed by atoms with Gasteiger partial charge in [0.05, 0.1) is 0 Å². The maximum Gasteiger partial charge on any atom is 0.255 e. The molecule has 2 aromatic carbocycles. The summed E-state index contributed by atoms with van der Waals surface area (Å²) in [4.78, 5) is 10.6. The number of nitrogens with two attached hydrogens (primary N) is 1. The molecule has 0 unspecified atom stereocenters. The van der Waals surface area contributed by atoms with E-state index in [1.807, 2.05) is 48.5 Å². The fourth-order valence-corrected chi connectivity index (χ4v) is 1.94. The molecular formula is C16H17ClN2O2. The van der Waals surface area contributed by atoms with Crippen molar-refractivity contribution in [2.75, 3.05) is 6.61 Å².